The Morgan fingerprint density at radius 2 is 1.74 bits per heavy atom. The van der Waals surface area contributed by atoms with Crippen LogP contribution in [0.2, 0.25) is 0 Å². The largest absolute Gasteiger partial charge is 0.454 e. The van der Waals surface area contributed by atoms with E-state index in [1.54, 1.807) is 0 Å². The monoisotopic (exact) mass is 420 g/mol. The lowest BCUT2D eigenvalue weighted by Crippen LogP contribution is -2.45. The highest BCUT2D eigenvalue weighted by Gasteiger charge is 2.41. The van der Waals surface area contributed by atoms with Crippen LogP contribution < -0.4 is 19.7 Å². The lowest BCUT2D eigenvalue weighted by molar-refractivity contribution is -0.128. The van der Waals surface area contributed by atoms with Crippen LogP contribution in [0.25, 0.3) is 0 Å². The van der Waals surface area contributed by atoms with Gasteiger partial charge in [0, 0.05) is 25.2 Å². The van der Waals surface area contributed by atoms with Gasteiger partial charge in [0.2, 0.25) is 18.6 Å². The molecule has 1 aliphatic carbocycles. The average molecular weight is 421 g/mol. The van der Waals surface area contributed by atoms with Crippen molar-refractivity contribution in [2.75, 3.05) is 18.2 Å². The molecule has 6 heteroatoms. The number of anilines is 1. The molecule has 3 aliphatic rings. The molecule has 2 amide bonds. The zero-order valence-corrected chi connectivity index (χ0v) is 17.7. The Hall–Kier alpha value is -3.02. The molecular formula is C25H28N2O4. The van der Waals surface area contributed by atoms with Gasteiger partial charge in [0.05, 0.1) is 5.41 Å². The molecule has 2 heterocycles. The van der Waals surface area contributed by atoms with Crippen molar-refractivity contribution in [3.63, 3.8) is 0 Å². The first kappa shape index (κ1) is 19.9. The fourth-order valence-electron chi connectivity index (χ4n) is 5.06. The van der Waals surface area contributed by atoms with Gasteiger partial charge >= 0.3 is 0 Å². The van der Waals surface area contributed by atoms with Crippen LogP contribution in [0.3, 0.4) is 0 Å². The van der Waals surface area contributed by atoms with Crippen molar-refractivity contribution < 1.29 is 19.1 Å². The number of benzene rings is 2. The second-order valence-electron chi connectivity index (χ2n) is 8.71. The molecule has 5 rings (SSSR count). The van der Waals surface area contributed by atoms with E-state index in [0.717, 1.165) is 73.4 Å². The number of amides is 2. The first-order valence-corrected chi connectivity index (χ1v) is 11.2. The van der Waals surface area contributed by atoms with E-state index < -0.39 is 5.41 Å². The van der Waals surface area contributed by atoms with Crippen LogP contribution in [0.15, 0.2) is 42.5 Å². The summed E-state index contributed by atoms with van der Waals surface area (Å²) < 4.78 is 11.0. The van der Waals surface area contributed by atoms with Crippen LogP contribution in [-0.2, 0) is 21.5 Å². The minimum atomic E-state index is -0.527. The first-order valence-electron chi connectivity index (χ1n) is 11.2. The molecule has 2 aromatic rings. The van der Waals surface area contributed by atoms with Crippen LogP contribution >= 0.6 is 0 Å². The molecule has 0 radical (unpaired) electrons. The zero-order chi connectivity index (χ0) is 21.3. The molecule has 0 unspecified atom stereocenters. The van der Waals surface area contributed by atoms with Crippen molar-refractivity contribution in [1.29, 1.82) is 0 Å². The number of carbonyl (C=O) groups is 2. The minimum Gasteiger partial charge on any atom is -0.454 e. The molecule has 1 N–H and O–H groups in total. The normalized spacial score (nSPS) is 19.5. The Labute approximate surface area is 182 Å². The Kier molecular flexibility index (Phi) is 5.30. The van der Waals surface area contributed by atoms with Crippen molar-refractivity contribution >= 4 is 17.5 Å². The number of ether oxygens (including phenoxy) is 2. The molecule has 31 heavy (non-hydrogen) atoms. The third kappa shape index (κ3) is 3.75. The lowest BCUT2D eigenvalue weighted by Gasteiger charge is -2.36. The summed E-state index contributed by atoms with van der Waals surface area (Å²) in [6, 6.07) is 13.8. The molecule has 1 saturated heterocycles. The Bertz CT molecular complexity index is 980. The molecular weight excluding hydrogens is 392 g/mol. The molecule has 2 fully saturated rings. The molecule has 2 aliphatic heterocycles. The number of hydrogen-bond donors (Lipinski definition) is 1. The van der Waals surface area contributed by atoms with Crippen LogP contribution in [0.1, 0.15) is 56.1 Å². The van der Waals surface area contributed by atoms with Gasteiger partial charge in [-0.15, -0.1) is 0 Å². The van der Waals surface area contributed by atoms with Gasteiger partial charge in [-0.1, -0.05) is 37.5 Å². The van der Waals surface area contributed by atoms with E-state index in [0.29, 0.717) is 13.0 Å². The van der Waals surface area contributed by atoms with Gasteiger partial charge < -0.3 is 19.7 Å². The lowest BCUT2D eigenvalue weighted by atomic mass is 9.68. The third-order valence-electron chi connectivity index (χ3n) is 6.84. The predicted molar refractivity (Wildman–Crippen MR) is 117 cm³/mol. The molecule has 0 atom stereocenters. The van der Waals surface area contributed by atoms with E-state index in [1.807, 2.05) is 47.4 Å². The SMILES string of the molecule is O=C1CCCN1c1ccc(CNC(=O)C2(c3ccc4c(c3)OCO4)CCCCC2)cc1. The van der Waals surface area contributed by atoms with E-state index >= 15 is 0 Å². The average Bonchev–Trinajstić information content (AvgIpc) is 3.46. The van der Waals surface area contributed by atoms with Crippen molar-refractivity contribution in [2.45, 2.75) is 56.9 Å². The zero-order valence-electron chi connectivity index (χ0n) is 17.7. The van der Waals surface area contributed by atoms with Gasteiger partial charge in [-0.3, -0.25) is 9.59 Å². The molecule has 2 aromatic carbocycles. The summed E-state index contributed by atoms with van der Waals surface area (Å²) in [6.07, 6.45) is 6.47. The maximum atomic E-state index is 13.5. The van der Waals surface area contributed by atoms with Crippen molar-refractivity contribution in [3.8, 4) is 11.5 Å². The number of hydrogen-bond acceptors (Lipinski definition) is 4. The standard InChI is InChI=1S/C25H28N2O4/c28-23-5-4-14-27(23)20-9-6-18(7-10-20)16-26-24(29)25(12-2-1-3-13-25)19-8-11-21-22(15-19)31-17-30-21/h6-11,15H,1-5,12-14,16-17H2,(H,26,29). The highest BCUT2D eigenvalue weighted by Crippen LogP contribution is 2.43. The highest BCUT2D eigenvalue weighted by atomic mass is 16.7. The fraction of sp³-hybridized carbons (Fsp3) is 0.440. The number of rotatable bonds is 5. The van der Waals surface area contributed by atoms with Crippen LogP contribution in [-0.4, -0.2) is 25.2 Å². The van der Waals surface area contributed by atoms with Crippen LogP contribution in [0.5, 0.6) is 11.5 Å². The Balaban J connectivity index is 1.31. The summed E-state index contributed by atoms with van der Waals surface area (Å²) in [5.74, 6) is 1.72. The van der Waals surface area contributed by atoms with E-state index in [4.69, 9.17) is 9.47 Å². The second kappa shape index (κ2) is 8.25. The van der Waals surface area contributed by atoms with Crippen molar-refractivity contribution in [3.05, 3.63) is 53.6 Å². The van der Waals surface area contributed by atoms with E-state index in [2.05, 4.69) is 5.32 Å². The van der Waals surface area contributed by atoms with Crippen molar-refractivity contribution in [2.24, 2.45) is 0 Å². The topological polar surface area (TPSA) is 67.9 Å². The smallest absolute Gasteiger partial charge is 0.231 e. The Morgan fingerprint density at radius 3 is 2.48 bits per heavy atom. The summed E-state index contributed by atoms with van der Waals surface area (Å²) >= 11 is 0. The molecule has 0 bridgehead atoms. The van der Waals surface area contributed by atoms with Gasteiger partial charge in [-0.2, -0.15) is 0 Å². The number of nitrogens with one attached hydrogen (secondary N) is 1. The van der Waals surface area contributed by atoms with E-state index in [-0.39, 0.29) is 18.6 Å². The molecule has 0 aromatic heterocycles. The van der Waals surface area contributed by atoms with Crippen molar-refractivity contribution in [1.82, 2.24) is 5.32 Å². The third-order valence-corrected chi connectivity index (χ3v) is 6.84. The van der Waals surface area contributed by atoms with Crippen LogP contribution in [0, 0.1) is 0 Å². The number of carbonyl (C=O) groups excluding carboxylic acids is 2. The molecule has 162 valence electrons. The predicted octanol–water partition coefficient (Wildman–Crippen LogP) is 4.06. The first-order chi connectivity index (χ1) is 15.2. The van der Waals surface area contributed by atoms with Gasteiger partial charge in [-0.05, 0) is 54.7 Å². The van der Waals surface area contributed by atoms with Gasteiger partial charge in [0.25, 0.3) is 0 Å². The minimum absolute atomic E-state index is 0.0739. The highest BCUT2D eigenvalue weighted by molar-refractivity contribution is 5.95. The van der Waals surface area contributed by atoms with Gasteiger partial charge in [0.1, 0.15) is 0 Å². The van der Waals surface area contributed by atoms with Gasteiger partial charge in [-0.25, -0.2) is 0 Å². The summed E-state index contributed by atoms with van der Waals surface area (Å²) in [5.41, 5.74) is 2.44. The fourth-order valence-corrected chi connectivity index (χ4v) is 5.06. The summed E-state index contributed by atoms with van der Waals surface area (Å²) in [6.45, 7) is 1.49. The molecule has 1 saturated carbocycles. The second-order valence-corrected chi connectivity index (χ2v) is 8.71. The quantitative estimate of drug-likeness (QED) is 0.792. The van der Waals surface area contributed by atoms with Gasteiger partial charge in [0.15, 0.2) is 11.5 Å². The molecule has 0 spiro atoms. The summed E-state index contributed by atoms with van der Waals surface area (Å²) in [7, 11) is 0. The number of fused-ring (bicyclic) bond motifs is 1. The Morgan fingerprint density at radius 1 is 0.968 bits per heavy atom. The van der Waals surface area contributed by atoms with E-state index in [1.165, 1.54) is 0 Å². The maximum absolute atomic E-state index is 13.5. The summed E-state index contributed by atoms with van der Waals surface area (Å²) in [5, 5.41) is 3.18. The summed E-state index contributed by atoms with van der Waals surface area (Å²) in [4.78, 5) is 27.3. The molecule has 6 nitrogen and oxygen atoms in total. The van der Waals surface area contributed by atoms with E-state index in [9.17, 15) is 9.59 Å². The maximum Gasteiger partial charge on any atom is 0.231 e. The number of nitrogens with zero attached hydrogens (tertiary/aromatic N) is 1. The van der Waals surface area contributed by atoms with Crippen LogP contribution in [0.4, 0.5) is 5.69 Å².